The van der Waals surface area contributed by atoms with E-state index in [9.17, 15) is 19.2 Å². The lowest BCUT2D eigenvalue weighted by molar-refractivity contribution is -0.154. The zero-order valence-electron chi connectivity index (χ0n) is 15.3. The monoisotopic (exact) mass is 428 g/mol. The van der Waals surface area contributed by atoms with Crippen molar-refractivity contribution in [3.05, 3.63) is 69.4 Å². The molecule has 1 fully saturated rings. The van der Waals surface area contributed by atoms with Gasteiger partial charge < -0.3 is 0 Å². The quantitative estimate of drug-likeness (QED) is 0.414. The Morgan fingerprint density at radius 3 is 2.28 bits per heavy atom. The number of Topliss-reactive ketones (excluding diaryl/α,β-unsaturated/α-hetero) is 1. The number of benzene rings is 1. The molecule has 2 atom stereocenters. The van der Waals surface area contributed by atoms with Crippen LogP contribution in [0.25, 0.3) is 0 Å². The van der Waals surface area contributed by atoms with Crippen LogP contribution in [-0.2, 0) is 9.59 Å². The Bertz CT molecular complexity index is 991. The van der Waals surface area contributed by atoms with Crippen LogP contribution in [0.5, 0.6) is 0 Å². The first-order valence-electron chi connectivity index (χ1n) is 9.15. The van der Waals surface area contributed by atoms with Gasteiger partial charge in [-0.3, -0.25) is 19.2 Å². The molecule has 3 amide bonds. The number of hydrogen-bond acceptors (Lipinski definition) is 5. The van der Waals surface area contributed by atoms with E-state index in [-0.39, 0.29) is 16.4 Å². The molecule has 2 heterocycles. The minimum absolute atomic E-state index is 0.127. The molecule has 2 aliphatic rings. The fourth-order valence-electron chi connectivity index (χ4n) is 3.68. The summed E-state index contributed by atoms with van der Waals surface area (Å²) in [4.78, 5) is 52.5. The molecule has 29 heavy (non-hydrogen) atoms. The van der Waals surface area contributed by atoms with E-state index in [1.165, 1.54) is 17.4 Å². The van der Waals surface area contributed by atoms with Crippen molar-refractivity contribution < 1.29 is 19.2 Å². The fourth-order valence-corrected chi connectivity index (χ4v) is 4.55. The molecule has 6 nitrogen and oxygen atoms in total. The average Bonchev–Trinajstić information content (AvgIpc) is 3.35. The van der Waals surface area contributed by atoms with Crippen LogP contribution in [0, 0.1) is 11.8 Å². The lowest BCUT2D eigenvalue weighted by Gasteiger charge is -2.30. The topological polar surface area (TPSA) is 74.8 Å². The van der Waals surface area contributed by atoms with Gasteiger partial charge in [0.05, 0.1) is 27.3 Å². The van der Waals surface area contributed by atoms with Crippen molar-refractivity contribution in [1.29, 1.82) is 0 Å². The highest BCUT2D eigenvalue weighted by atomic mass is 35.5. The van der Waals surface area contributed by atoms with Crippen molar-refractivity contribution in [3.8, 4) is 0 Å². The van der Waals surface area contributed by atoms with E-state index in [1.807, 2.05) is 12.2 Å². The van der Waals surface area contributed by atoms with Crippen LogP contribution >= 0.6 is 22.9 Å². The van der Waals surface area contributed by atoms with E-state index >= 15 is 0 Å². The summed E-state index contributed by atoms with van der Waals surface area (Å²) in [6.07, 6.45) is 4.62. The number of nitrogens with zero attached hydrogens (tertiary/aromatic N) is 2. The molecule has 0 unspecified atom stereocenters. The highest BCUT2D eigenvalue weighted by Gasteiger charge is 2.51. The van der Waals surface area contributed by atoms with Crippen molar-refractivity contribution in [2.75, 3.05) is 6.54 Å². The zero-order chi connectivity index (χ0) is 20.5. The molecule has 148 valence electrons. The summed E-state index contributed by atoms with van der Waals surface area (Å²) in [7, 11) is 0. The Balaban J connectivity index is 1.71. The minimum atomic E-state index is -0.659. The van der Waals surface area contributed by atoms with E-state index in [4.69, 9.17) is 11.6 Å². The molecule has 0 saturated carbocycles. The van der Waals surface area contributed by atoms with Gasteiger partial charge in [0.25, 0.3) is 17.7 Å². The number of halogens is 1. The molecule has 0 N–H and O–H groups in total. The third-order valence-electron chi connectivity index (χ3n) is 5.15. The zero-order valence-corrected chi connectivity index (χ0v) is 16.9. The number of thiophene rings is 1. The van der Waals surface area contributed by atoms with Gasteiger partial charge in [0, 0.05) is 0 Å². The van der Waals surface area contributed by atoms with Crippen molar-refractivity contribution in [3.63, 3.8) is 0 Å². The van der Waals surface area contributed by atoms with Crippen molar-refractivity contribution in [2.24, 2.45) is 11.8 Å². The molecular weight excluding hydrogens is 412 g/mol. The van der Waals surface area contributed by atoms with Crippen molar-refractivity contribution in [1.82, 2.24) is 10.0 Å². The molecule has 1 aromatic carbocycles. The first kappa shape index (κ1) is 19.5. The van der Waals surface area contributed by atoms with Gasteiger partial charge in [0.1, 0.15) is 6.54 Å². The number of hydrazine groups is 1. The molecule has 0 bridgehead atoms. The van der Waals surface area contributed by atoms with E-state index in [2.05, 4.69) is 0 Å². The summed E-state index contributed by atoms with van der Waals surface area (Å²) in [5.74, 6) is -2.94. The first-order chi connectivity index (χ1) is 14.0. The molecule has 1 aromatic heterocycles. The normalized spacial score (nSPS) is 20.7. The second-order valence-electron chi connectivity index (χ2n) is 6.89. The molecule has 1 aliphatic heterocycles. The summed E-state index contributed by atoms with van der Waals surface area (Å²) < 4.78 is 0. The lowest BCUT2D eigenvalue weighted by atomic mass is 9.85. The Labute approximate surface area is 176 Å². The number of carbonyl (C=O) groups excluding carboxylic acids is 4. The maximum Gasteiger partial charge on any atom is 0.274 e. The van der Waals surface area contributed by atoms with Crippen LogP contribution in [-0.4, -0.2) is 40.1 Å². The Kier molecular flexibility index (Phi) is 5.34. The smallest absolute Gasteiger partial charge is 0.274 e. The van der Waals surface area contributed by atoms with Crippen molar-refractivity contribution in [2.45, 2.75) is 12.8 Å². The van der Waals surface area contributed by atoms with Gasteiger partial charge in [0.15, 0.2) is 5.78 Å². The predicted octanol–water partition coefficient (Wildman–Crippen LogP) is 3.59. The van der Waals surface area contributed by atoms with Crippen LogP contribution in [0.2, 0.25) is 5.02 Å². The largest absolute Gasteiger partial charge is 0.291 e. The van der Waals surface area contributed by atoms with E-state index in [0.29, 0.717) is 17.7 Å². The van der Waals surface area contributed by atoms with Gasteiger partial charge >= 0.3 is 0 Å². The minimum Gasteiger partial charge on any atom is -0.291 e. The summed E-state index contributed by atoms with van der Waals surface area (Å²) in [5.41, 5.74) is 0.127. The number of ketones is 1. The maximum atomic E-state index is 13.3. The van der Waals surface area contributed by atoms with Gasteiger partial charge in [-0.1, -0.05) is 42.0 Å². The second-order valence-corrected chi connectivity index (χ2v) is 8.24. The highest BCUT2D eigenvalue weighted by Crippen LogP contribution is 2.36. The summed E-state index contributed by atoms with van der Waals surface area (Å²) in [6, 6.07) is 9.73. The van der Waals surface area contributed by atoms with E-state index in [0.717, 1.165) is 10.0 Å². The maximum absolute atomic E-state index is 13.3. The standard InChI is InChI=1S/C21H17ClN2O4S/c22-16-9-4-3-8-15(16)19(26)23(12-17(25)18-10-5-11-29-18)24-20(27)13-6-1-2-7-14(13)21(24)28/h1-5,8-11,13-14H,6-7,12H2/t13-,14+. The molecule has 0 radical (unpaired) electrons. The Hall–Kier alpha value is -2.77. The van der Waals surface area contributed by atoms with Gasteiger partial charge in [-0.15, -0.1) is 11.3 Å². The van der Waals surface area contributed by atoms with Crippen LogP contribution < -0.4 is 0 Å². The number of hydrogen-bond donors (Lipinski definition) is 0. The van der Waals surface area contributed by atoms with E-state index in [1.54, 1.807) is 35.7 Å². The number of rotatable bonds is 5. The number of fused-ring (bicyclic) bond motifs is 1. The van der Waals surface area contributed by atoms with Crippen LogP contribution in [0.4, 0.5) is 0 Å². The van der Waals surface area contributed by atoms with Crippen LogP contribution in [0.3, 0.4) is 0 Å². The van der Waals surface area contributed by atoms with Gasteiger partial charge in [-0.05, 0) is 36.4 Å². The molecule has 0 spiro atoms. The van der Waals surface area contributed by atoms with Crippen molar-refractivity contribution >= 4 is 46.4 Å². The molecule has 1 saturated heterocycles. The SMILES string of the molecule is O=C(CN(C(=O)c1ccccc1Cl)N1C(=O)[C@H]2CC=CC[C@H]2C1=O)c1cccs1. The van der Waals surface area contributed by atoms with E-state index < -0.39 is 36.1 Å². The molecular formula is C21H17ClN2O4S. The summed E-state index contributed by atoms with van der Waals surface area (Å²) in [6.45, 7) is -0.422. The molecule has 8 heteroatoms. The third kappa shape index (κ3) is 3.52. The number of allylic oxidation sites excluding steroid dienone is 2. The predicted molar refractivity (Wildman–Crippen MR) is 108 cm³/mol. The lowest BCUT2D eigenvalue weighted by Crippen LogP contribution is -2.52. The van der Waals surface area contributed by atoms with Crippen LogP contribution in [0.1, 0.15) is 32.9 Å². The first-order valence-corrected chi connectivity index (χ1v) is 10.4. The summed E-state index contributed by atoms with van der Waals surface area (Å²) in [5, 5.41) is 3.75. The van der Waals surface area contributed by atoms with Crippen LogP contribution in [0.15, 0.2) is 53.9 Å². The van der Waals surface area contributed by atoms with Gasteiger partial charge in [-0.2, -0.15) is 5.01 Å². The fraction of sp³-hybridized carbons (Fsp3) is 0.238. The molecule has 1 aliphatic carbocycles. The number of amides is 3. The Morgan fingerprint density at radius 1 is 1.03 bits per heavy atom. The second kappa shape index (κ2) is 7.93. The third-order valence-corrected chi connectivity index (χ3v) is 6.39. The Morgan fingerprint density at radius 2 is 1.69 bits per heavy atom. The molecule has 4 rings (SSSR count). The van der Waals surface area contributed by atoms with Gasteiger partial charge in [-0.25, -0.2) is 5.01 Å². The number of imide groups is 1. The average molecular weight is 429 g/mol. The molecule has 2 aromatic rings. The summed E-state index contributed by atoms with van der Waals surface area (Å²) >= 11 is 7.41. The number of carbonyl (C=O) groups is 4. The van der Waals surface area contributed by atoms with Gasteiger partial charge in [0.2, 0.25) is 0 Å². The highest BCUT2D eigenvalue weighted by molar-refractivity contribution is 7.12.